The second-order valence-corrected chi connectivity index (χ2v) is 7.31. The molecule has 6 N–H and O–H groups in total. The van der Waals surface area contributed by atoms with Crippen LogP contribution in [-0.4, -0.2) is 17.6 Å². The van der Waals surface area contributed by atoms with Crippen molar-refractivity contribution in [1.82, 2.24) is 0 Å². The number of rotatable bonds is 5. The molecule has 0 saturated carbocycles. The van der Waals surface area contributed by atoms with Gasteiger partial charge in [0, 0.05) is 6.42 Å². The van der Waals surface area contributed by atoms with Crippen molar-refractivity contribution in [1.29, 1.82) is 0 Å². The van der Waals surface area contributed by atoms with E-state index < -0.39 is 17.2 Å². The molecule has 2 amide bonds. The van der Waals surface area contributed by atoms with Crippen molar-refractivity contribution in [3.8, 4) is 0 Å². The lowest BCUT2D eigenvalue weighted by atomic mass is 9.66. The summed E-state index contributed by atoms with van der Waals surface area (Å²) in [4.78, 5) is 36.9. The Bertz CT molecular complexity index is 860. The van der Waals surface area contributed by atoms with Gasteiger partial charge in [-0.25, -0.2) is 0 Å². The highest BCUT2D eigenvalue weighted by atomic mass is 32.1. The highest BCUT2D eigenvalue weighted by Gasteiger charge is 2.46. The zero-order valence-corrected chi connectivity index (χ0v) is 14.4. The third-order valence-electron chi connectivity index (χ3n) is 4.85. The molecule has 0 saturated heterocycles. The van der Waals surface area contributed by atoms with Crippen molar-refractivity contribution in [2.24, 2.45) is 11.5 Å². The Labute approximate surface area is 149 Å². The number of nitrogen functional groups attached to an aromatic ring is 1. The lowest BCUT2D eigenvalue weighted by Crippen LogP contribution is -2.40. The third-order valence-corrected chi connectivity index (χ3v) is 5.91. The second kappa shape index (κ2) is 6.33. The zero-order valence-electron chi connectivity index (χ0n) is 13.6. The summed E-state index contributed by atoms with van der Waals surface area (Å²) in [5.41, 5.74) is 17.6. The Morgan fingerprint density at radius 1 is 1.16 bits per heavy atom. The number of anilines is 1. The van der Waals surface area contributed by atoms with Gasteiger partial charge in [0.2, 0.25) is 5.91 Å². The van der Waals surface area contributed by atoms with E-state index in [-0.39, 0.29) is 22.8 Å². The van der Waals surface area contributed by atoms with Gasteiger partial charge < -0.3 is 17.2 Å². The van der Waals surface area contributed by atoms with E-state index in [1.54, 1.807) is 0 Å². The highest BCUT2D eigenvalue weighted by molar-refractivity contribution is 7.18. The SMILES string of the molecule is NC(=O)CCC1(c2ccccc2)CCc2c(sc(N)c2C(N)=O)C1=O. The molecule has 3 rings (SSSR count). The molecule has 1 aromatic heterocycles. The van der Waals surface area contributed by atoms with Crippen molar-refractivity contribution in [2.75, 3.05) is 5.73 Å². The molecule has 0 fully saturated rings. The average Bonchev–Trinajstić information content (AvgIpc) is 2.92. The number of benzene rings is 1. The van der Waals surface area contributed by atoms with Crippen molar-refractivity contribution < 1.29 is 14.4 Å². The smallest absolute Gasteiger partial charge is 0.251 e. The molecule has 1 aromatic carbocycles. The van der Waals surface area contributed by atoms with Crippen LogP contribution in [0.25, 0.3) is 0 Å². The van der Waals surface area contributed by atoms with E-state index in [0.29, 0.717) is 29.7 Å². The van der Waals surface area contributed by atoms with Crippen LogP contribution < -0.4 is 17.2 Å². The Kier molecular flexibility index (Phi) is 4.34. The molecule has 6 nitrogen and oxygen atoms in total. The molecule has 0 bridgehead atoms. The molecule has 1 aliphatic carbocycles. The number of hydrogen-bond acceptors (Lipinski definition) is 5. The first-order chi connectivity index (χ1) is 11.9. The molecule has 0 radical (unpaired) electrons. The van der Waals surface area contributed by atoms with Gasteiger partial charge in [-0.05, 0) is 30.4 Å². The van der Waals surface area contributed by atoms with Crippen LogP contribution in [0.2, 0.25) is 0 Å². The summed E-state index contributed by atoms with van der Waals surface area (Å²) < 4.78 is 0. The molecule has 1 atom stereocenters. The monoisotopic (exact) mass is 357 g/mol. The van der Waals surface area contributed by atoms with Crippen molar-refractivity contribution >= 4 is 33.9 Å². The Balaban J connectivity index is 2.12. The predicted octanol–water partition coefficient (Wildman–Crippen LogP) is 1.76. The van der Waals surface area contributed by atoms with Gasteiger partial charge in [-0.15, -0.1) is 11.3 Å². The minimum absolute atomic E-state index is 0.111. The number of carbonyl (C=O) groups is 3. The van der Waals surface area contributed by atoms with Crippen LogP contribution in [0.1, 0.15) is 50.4 Å². The highest BCUT2D eigenvalue weighted by Crippen LogP contribution is 2.46. The van der Waals surface area contributed by atoms with Gasteiger partial charge in [0.25, 0.3) is 5.91 Å². The number of fused-ring (bicyclic) bond motifs is 1. The van der Waals surface area contributed by atoms with Gasteiger partial charge in [0.05, 0.1) is 20.9 Å². The van der Waals surface area contributed by atoms with Crippen LogP contribution in [0.15, 0.2) is 30.3 Å². The topological polar surface area (TPSA) is 129 Å². The molecule has 2 aromatic rings. The second-order valence-electron chi connectivity index (χ2n) is 6.26. The fraction of sp³-hybridized carbons (Fsp3) is 0.278. The minimum atomic E-state index is -0.838. The molecule has 0 spiro atoms. The number of hydrogen-bond donors (Lipinski definition) is 3. The molecule has 7 heteroatoms. The molecule has 1 unspecified atom stereocenters. The van der Waals surface area contributed by atoms with E-state index in [4.69, 9.17) is 17.2 Å². The van der Waals surface area contributed by atoms with Crippen LogP contribution in [0.3, 0.4) is 0 Å². The predicted molar refractivity (Wildman–Crippen MR) is 96.4 cm³/mol. The van der Waals surface area contributed by atoms with E-state index in [2.05, 4.69) is 0 Å². The number of carbonyl (C=O) groups excluding carboxylic acids is 3. The Morgan fingerprint density at radius 2 is 1.84 bits per heavy atom. The number of amides is 2. The summed E-state index contributed by atoms with van der Waals surface area (Å²) in [6.07, 6.45) is 1.42. The third kappa shape index (κ3) is 2.80. The number of ketones is 1. The van der Waals surface area contributed by atoms with Crippen molar-refractivity contribution in [2.45, 2.75) is 31.1 Å². The van der Waals surface area contributed by atoms with E-state index in [0.717, 1.165) is 16.9 Å². The van der Waals surface area contributed by atoms with Crippen molar-refractivity contribution in [3.05, 3.63) is 51.9 Å². The minimum Gasteiger partial charge on any atom is -0.390 e. The standard InChI is InChI=1S/C18H19N3O3S/c19-12(22)7-9-18(10-4-2-1-3-5-10)8-6-11-13(16(20)24)17(21)25-14(11)15(18)23/h1-5H,6-9,21H2,(H2,19,22)(H2,20,24). The van der Waals surface area contributed by atoms with Gasteiger partial charge in [0.15, 0.2) is 5.78 Å². The normalized spacial score (nSPS) is 19.4. The molecule has 25 heavy (non-hydrogen) atoms. The van der Waals surface area contributed by atoms with Crippen LogP contribution in [0.4, 0.5) is 5.00 Å². The number of primary amides is 2. The molecule has 130 valence electrons. The lowest BCUT2D eigenvalue weighted by molar-refractivity contribution is -0.118. The quantitative estimate of drug-likeness (QED) is 0.753. The average molecular weight is 357 g/mol. The van der Waals surface area contributed by atoms with Gasteiger partial charge >= 0.3 is 0 Å². The van der Waals surface area contributed by atoms with Crippen LogP contribution in [0.5, 0.6) is 0 Å². The van der Waals surface area contributed by atoms with Crippen molar-refractivity contribution in [3.63, 3.8) is 0 Å². The van der Waals surface area contributed by atoms with E-state index in [1.807, 2.05) is 30.3 Å². The van der Waals surface area contributed by atoms with Gasteiger partial charge in [-0.1, -0.05) is 30.3 Å². The van der Waals surface area contributed by atoms with Crippen LogP contribution in [0, 0.1) is 0 Å². The molecule has 1 aliphatic rings. The first kappa shape index (κ1) is 17.2. The maximum atomic E-state index is 13.4. The first-order valence-electron chi connectivity index (χ1n) is 7.96. The van der Waals surface area contributed by atoms with E-state index in [9.17, 15) is 14.4 Å². The summed E-state index contributed by atoms with van der Waals surface area (Å²) in [5.74, 6) is -1.19. The molecule has 0 aliphatic heterocycles. The summed E-state index contributed by atoms with van der Waals surface area (Å²) in [5, 5.41) is 0.268. The van der Waals surface area contributed by atoms with Gasteiger partial charge in [-0.2, -0.15) is 0 Å². The summed E-state index contributed by atoms with van der Waals surface area (Å²) >= 11 is 1.10. The molecular formula is C18H19N3O3S. The fourth-order valence-corrected chi connectivity index (χ4v) is 4.76. The van der Waals surface area contributed by atoms with E-state index >= 15 is 0 Å². The summed E-state index contributed by atoms with van der Waals surface area (Å²) in [7, 11) is 0. The Hall–Kier alpha value is -2.67. The summed E-state index contributed by atoms with van der Waals surface area (Å²) in [6.45, 7) is 0. The lowest BCUT2D eigenvalue weighted by Gasteiger charge is -2.36. The number of nitrogens with two attached hydrogens (primary N) is 3. The number of thiophene rings is 1. The largest absolute Gasteiger partial charge is 0.390 e. The van der Waals surface area contributed by atoms with Crippen LogP contribution in [-0.2, 0) is 16.6 Å². The first-order valence-corrected chi connectivity index (χ1v) is 8.78. The summed E-state index contributed by atoms with van der Waals surface area (Å²) in [6, 6.07) is 9.37. The molecular weight excluding hydrogens is 338 g/mol. The molecule has 1 heterocycles. The fourth-order valence-electron chi connectivity index (χ4n) is 3.60. The van der Waals surface area contributed by atoms with E-state index in [1.165, 1.54) is 0 Å². The Morgan fingerprint density at radius 3 is 2.44 bits per heavy atom. The maximum Gasteiger partial charge on any atom is 0.251 e. The van der Waals surface area contributed by atoms with Gasteiger partial charge in [0.1, 0.15) is 0 Å². The van der Waals surface area contributed by atoms with Crippen LogP contribution >= 0.6 is 11.3 Å². The van der Waals surface area contributed by atoms with Gasteiger partial charge in [-0.3, -0.25) is 14.4 Å². The maximum absolute atomic E-state index is 13.4. The number of Topliss-reactive ketones (excluding diaryl/α,β-unsaturated/α-hetero) is 1. The zero-order chi connectivity index (χ0) is 18.2.